The predicted molar refractivity (Wildman–Crippen MR) is 117 cm³/mol. The van der Waals surface area contributed by atoms with Crippen molar-refractivity contribution in [2.24, 2.45) is 0 Å². The van der Waals surface area contributed by atoms with Crippen LogP contribution in [0.4, 0.5) is 8.78 Å². The summed E-state index contributed by atoms with van der Waals surface area (Å²) in [6.45, 7) is 1.20. The number of hydrogen-bond acceptors (Lipinski definition) is 6. The SMILES string of the molecule is CN(C)CCCOc1nc(Oc2ccc(F)cc2F)nc2[nH]nc(-c3ccccc3Cl)c12. The van der Waals surface area contributed by atoms with Gasteiger partial charge in [-0.3, -0.25) is 5.10 Å². The highest BCUT2D eigenvalue weighted by Gasteiger charge is 2.21. The number of hydrogen-bond donors (Lipinski definition) is 1. The van der Waals surface area contributed by atoms with E-state index in [-0.39, 0.29) is 17.6 Å². The van der Waals surface area contributed by atoms with Crippen molar-refractivity contribution in [3.63, 3.8) is 0 Å². The fourth-order valence-corrected chi connectivity index (χ4v) is 3.31. The van der Waals surface area contributed by atoms with Crippen LogP contribution in [0.5, 0.6) is 17.6 Å². The number of fused-ring (bicyclic) bond motifs is 1. The first-order valence-corrected chi connectivity index (χ1v) is 10.2. The van der Waals surface area contributed by atoms with Crippen LogP contribution in [0.25, 0.3) is 22.3 Å². The maximum Gasteiger partial charge on any atom is 0.327 e. The third-order valence-electron chi connectivity index (χ3n) is 4.58. The number of rotatable bonds is 8. The fraction of sp³-hybridized carbons (Fsp3) is 0.227. The summed E-state index contributed by atoms with van der Waals surface area (Å²) in [4.78, 5) is 10.7. The minimum atomic E-state index is -0.872. The molecule has 4 rings (SSSR count). The Bertz CT molecular complexity index is 1250. The number of nitrogens with zero attached hydrogens (tertiary/aromatic N) is 4. The molecule has 0 amide bonds. The molecule has 0 aliphatic carbocycles. The van der Waals surface area contributed by atoms with E-state index in [2.05, 4.69) is 20.2 Å². The minimum Gasteiger partial charge on any atom is -0.477 e. The van der Waals surface area contributed by atoms with Crippen LogP contribution < -0.4 is 9.47 Å². The summed E-state index contributed by atoms with van der Waals surface area (Å²) in [7, 11) is 3.94. The molecule has 166 valence electrons. The molecule has 2 aromatic heterocycles. The van der Waals surface area contributed by atoms with E-state index in [0.29, 0.717) is 33.9 Å². The predicted octanol–water partition coefficient (Wildman–Crippen LogP) is 5.07. The second kappa shape index (κ2) is 9.46. The monoisotopic (exact) mass is 459 g/mol. The standard InChI is InChI=1S/C22H20ClF2N5O2/c1-30(2)10-5-11-31-21-18-19(14-6-3-4-7-15(14)23)28-29-20(18)26-22(27-21)32-17-9-8-13(24)12-16(17)25/h3-4,6-9,12H,5,10-11H2,1-2H3,(H,26,27,28,29). The second-order valence-corrected chi connectivity index (χ2v) is 7.68. The van der Waals surface area contributed by atoms with Crippen molar-refractivity contribution in [1.82, 2.24) is 25.1 Å². The first kappa shape index (κ1) is 21.9. The molecule has 0 radical (unpaired) electrons. The number of halogens is 3. The zero-order chi connectivity index (χ0) is 22.7. The van der Waals surface area contributed by atoms with E-state index in [1.165, 1.54) is 0 Å². The normalized spacial score (nSPS) is 11.3. The summed E-state index contributed by atoms with van der Waals surface area (Å²) in [6, 6.07) is 10.0. The maximum atomic E-state index is 14.1. The van der Waals surface area contributed by atoms with E-state index in [1.54, 1.807) is 6.07 Å². The molecule has 0 fully saturated rings. The zero-order valence-corrected chi connectivity index (χ0v) is 18.2. The highest BCUT2D eigenvalue weighted by atomic mass is 35.5. The van der Waals surface area contributed by atoms with Gasteiger partial charge in [-0.2, -0.15) is 15.1 Å². The molecule has 7 nitrogen and oxygen atoms in total. The van der Waals surface area contributed by atoms with Gasteiger partial charge >= 0.3 is 6.01 Å². The molecule has 4 aromatic rings. The van der Waals surface area contributed by atoms with Crippen LogP contribution in [0.3, 0.4) is 0 Å². The van der Waals surface area contributed by atoms with Crippen molar-refractivity contribution in [2.75, 3.05) is 27.2 Å². The summed E-state index contributed by atoms with van der Waals surface area (Å²) in [6.07, 6.45) is 0.751. The summed E-state index contributed by atoms with van der Waals surface area (Å²) < 4.78 is 38.7. The van der Waals surface area contributed by atoms with Crippen molar-refractivity contribution in [3.05, 3.63) is 59.1 Å². The molecule has 0 saturated heterocycles. The van der Waals surface area contributed by atoms with Gasteiger partial charge in [0, 0.05) is 18.2 Å². The van der Waals surface area contributed by atoms with Crippen LogP contribution >= 0.6 is 11.6 Å². The van der Waals surface area contributed by atoms with Gasteiger partial charge in [0.05, 0.1) is 11.6 Å². The van der Waals surface area contributed by atoms with E-state index in [1.807, 2.05) is 37.2 Å². The van der Waals surface area contributed by atoms with Gasteiger partial charge in [-0.1, -0.05) is 29.8 Å². The number of aromatic amines is 1. The molecule has 0 aliphatic heterocycles. The summed E-state index contributed by atoms with van der Waals surface area (Å²) >= 11 is 6.36. The van der Waals surface area contributed by atoms with E-state index >= 15 is 0 Å². The van der Waals surface area contributed by atoms with E-state index in [9.17, 15) is 8.78 Å². The van der Waals surface area contributed by atoms with Gasteiger partial charge in [0.2, 0.25) is 5.88 Å². The number of aromatic nitrogens is 4. The Hall–Kier alpha value is -3.30. The molecule has 0 saturated carbocycles. The molecular formula is C22H20ClF2N5O2. The molecule has 32 heavy (non-hydrogen) atoms. The highest BCUT2D eigenvalue weighted by molar-refractivity contribution is 6.33. The smallest absolute Gasteiger partial charge is 0.327 e. The second-order valence-electron chi connectivity index (χ2n) is 7.27. The van der Waals surface area contributed by atoms with E-state index < -0.39 is 11.6 Å². The first-order valence-electron chi connectivity index (χ1n) is 9.84. The van der Waals surface area contributed by atoms with Crippen LogP contribution in [0, 0.1) is 11.6 Å². The number of ether oxygens (including phenoxy) is 2. The lowest BCUT2D eigenvalue weighted by Gasteiger charge is -2.12. The quantitative estimate of drug-likeness (QED) is 0.370. The Morgan fingerprint density at radius 1 is 1.09 bits per heavy atom. The Kier molecular flexibility index (Phi) is 6.48. The van der Waals surface area contributed by atoms with Crippen LogP contribution in [-0.2, 0) is 0 Å². The van der Waals surface area contributed by atoms with Crippen LogP contribution in [0.15, 0.2) is 42.5 Å². The van der Waals surface area contributed by atoms with Gasteiger partial charge in [0.1, 0.15) is 16.9 Å². The Labute approximate surface area is 188 Å². The van der Waals surface area contributed by atoms with Crippen LogP contribution in [0.2, 0.25) is 5.02 Å². The molecule has 0 unspecified atom stereocenters. The third-order valence-corrected chi connectivity index (χ3v) is 4.91. The largest absolute Gasteiger partial charge is 0.477 e. The molecule has 1 N–H and O–H groups in total. The maximum absolute atomic E-state index is 14.1. The van der Waals surface area contributed by atoms with Crippen molar-refractivity contribution in [3.8, 4) is 28.9 Å². The van der Waals surface area contributed by atoms with Gasteiger partial charge in [0.15, 0.2) is 17.2 Å². The van der Waals surface area contributed by atoms with Crippen molar-refractivity contribution < 1.29 is 18.3 Å². The lowest BCUT2D eigenvalue weighted by Crippen LogP contribution is -2.15. The molecular weight excluding hydrogens is 440 g/mol. The topological polar surface area (TPSA) is 76.2 Å². The Morgan fingerprint density at radius 3 is 2.66 bits per heavy atom. The van der Waals surface area contributed by atoms with Gasteiger partial charge in [0.25, 0.3) is 0 Å². The lowest BCUT2D eigenvalue weighted by molar-refractivity contribution is 0.272. The molecule has 2 heterocycles. The number of H-pyrrole nitrogens is 1. The minimum absolute atomic E-state index is 0.167. The average Bonchev–Trinajstić information content (AvgIpc) is 3.17. The molecule has 10 heteroatoms. The Morgan fingerprint density at radius 2 is 1.91 bits per heavy atom. The van der Waals surface area contributed by atoms with Crippen LogP contribution in [0.1, 0.15) is 6.42 Å². The highest BCUT2D eigenvalue weighted by Crippen LogP contribution is 2.37. The number of nitrogens with one attached hydrogen (secondary N) is 1. The molecule has 0 bridgehead atoms. The lowest BCUT2D eigenvalue weighted by atomic mass is 10.1. The van der Waals surface area contributed by atoms with Gasteiger partial charge in [-0.15, -0.1) is 0 Å². The van der Waals surface area contributed by atoms with Crippen molar-refractivity contribution >= 4 is 22.6 Å². The molecule has 0 spiro atoms. The van der Waals surface area contributed by atoms with E-state index in [0.717, 1.165) is 31.2 Å². The van der Waals surface area contributed by atoms with Crippen molar-refractivity contribution in [2.45, 2.75) is 6.42 Å². The average molecular weight is 460 g/mol. The van der Waals surface area contributed by atoms with Crippen molar-refractivity contribution in [1.29, 1.82) is 0 Å². The number of benzene rings is 2. The fourth-order valence-electron chi connectivity index (χ4n) is 3.08. The molecule has 0 aliphatic rings. The summed E-state index contributed by atoms with van der Waals surface area (Å²) in [5, 5.41) is 8.20. The third kappa shape index (κ3) is 4.79. The van der Waals surface area contributed by atoms with Gasteiger partial charge in [-0.25, -0.2) is 8.78 Å². The van der Waals surface area contributed by atoms with Gasteiger partial charge in [-0.05, 0) is 38.7 Å². The molecule has 2 aromatic carbocycles. The summed E-state index contributed by atoms with van der Waals surface area (Å²) in [5.41, 5.74) is 1.53. The van der Waals surface area contributed by atoms with Crippen LogP contribution in [-0.4, -0.2) is 52.3 Å². The Balaban J connectivity index is 1.74. The zero-order valence-electron chi connectivity index (χ0n) is 17.4. The van der Waals surface area contributed by atoms with E-state index in [4.69, 9.17) is 21.1 Å². The first-order chi connectivity index (χ1) is 15.4. The summed E-state index contributed by atoms with van der Waals surface area (Å²) in [5.74, 6) is -1.58. The molecule has 0 atom stereocenters. The van der Waals surface area contributed by atoms with Gasteiger partial charge < -0.3 is 14.4 Å².